The molecule has 0 aliphatic carbocycles. The van der Waals surface area contributed by atoms with Gasteiger partial charge in [-0.1, -0.05) is 27.7 Å². The van der Waals surface area contributed by atoms with Crippen molar-refractivity contribution in [1.82, 2.24) is 10.5 Å². The van der Waals surface area contributed by atoms with Crippen LogP contribution < -0.4 is 5.32 Å². The molecule has 0 spiro atoms. The van der Waals surface area contributed by atoms with Crippen LogP contribution in [0.25, 0.3) is 0 Å². The normalized spacial score (nSPS) is 9.89. The number of halogens is 1. The van der Waals surface area contributed by atoms with Crippen molar-refractivity contribution in [3.8, 4) is 0 Å². The lowest BCUT2D eigenvalue weighted by Crippen LogP contribution is -2.08. The Bertz CT molecular complexity index is 152. The van der Waals surface area contributed by atoms with Gasteiger partial charge in [-0.2, -0.15) is 0 Å². The Labute approximate surface area is 66.9 Å². The molecule has 0 saturated carbocycles. The van der Waals surface area contributed by atoms with Crippen LogP contribution in [0.4, 0.5) is 0 Å². The second-order valence-electron chi connectivity index (χ2n) is 1.59. The SMILES string of the molecule is ICNCc1cnoc1. The number of nitrogens with zero attached hydrogens (tertiary/aromatic N) is 1. The summed E-state index contributed by atoms with van der Waals surface area (Å²) in [6.07, 6.45) is 3.35. The highest BCUT2D eigenvalue weighted by atomic mass is 127. The Balaban J connectivity index is 2.30. The van der Waals surface area contributed by atoms with Crippen molar-refractivity contribution in [2.45, 2.75) is 6.54 Å². The first-order chi connectivity index (χ1) is 4.43. The molecule has 0 aliphatic heterocycles. The number of rotatable bonds is 3. The molecule has 0 saturated heterocycles. The third-order valence-electron chi connectivity index (χ3n) is 0.907. The Morgan fingerprint density at radius 3 is 3.22 bits per heavy atom. The van der Waals surface area contributed by atoms with Crippen LogP contribution in [0.2, 0.25) is 0 Å². The van der Waals surface area contributed by atoms with Gasteiger partial charge in [0.05, 0.1) is 6.20 Å². The molecule has 0 aromatic carbocycles. The monoisotopic (exact) mass is 238 g/mol. The molecule has 1 aromatic rings. The van der Waals surface area contributed by atoms with Crippen LogP contribution in [-0.2, 0) is 6.54 Å². The number of nitrogens with one attached hydrogen (secondary N) is 1. The molecule has 0 fully saturated rings. The Morgan fingerprint density at radius 1 is 1.78 bits per heavy atom. The zero-order valence-corrected chi connectivity index (χ0v) is 6.96. The van der Waals surface area contributed by atoms with E-state index in [1.165, 1.54) is 0 Å². The van der Waals surface area contributed by atoms with E-state index < -0.39 is 0 Å². The van der Waals surface area contributed by atoms with Crippen LogP contribution in [0, 0.1) is 0 Å². The van der Waals surface area contributed by atoms with E-state index in [9.17, 15) is 0 Å². The van der Waals surface area contributed by atoms with Gasteiger partial charge in [-0.3, -0.25) is 0 Å². The van der Waals surface area contributed by atoms with Crippen LogP contribution in [0.15, 0.2) is 17.0 Å². The van der Waals surface area contributed by atoms with Gasteiger partial charge >= 0.3 is 0 Å². The fraction of sp³-hybridized carbons (Fsp3) is 0.400. The molecule has 0 unspecified atom stereocenters. The first-order valence-electron chi connectivity index (χ1n) is 2.58. The summed E-state index contributed by atoms with van der Waals surface area (Å²) in [6.45, 7) is 0.840. The molecule has 1 heterocycles. The van der Waals surface area contributed by atoms with Crippen LogP contribution in [0.3, 0.4) is 0 Å². The van der Waals surface area contributed by atoms with Gasteiger partial charge in [0, 0.05) is 16.7 Å². The topological polar surface area (TPSA) is 38.1 Å². The lowest BCUT2D eigenvalue weighted by Gasteiger charge is -1.92. The largest absolute Gasteiger partial charge is 0.364 e. The quantitative estimate of drug-likeness (QED) is 0.487. The number of aromatic nitrogens is 1. The Hall–Kier alpha value is -0.100. The lowest BCUT2D eigenvalue weighted by molar-refractivity contribution is 0.418. The minimum atomic E-state index is 0.840. The van der Waals surface area contributed by atoms with E-state index in [0.29, 0.717) is 0 Å². The van der Waals surface area contributed by atoms with E-state index >= 15 is 0 Å². The molecule has 1 N–H and O–H groups in total. The van der Waals surface area contributed by atoms with E-state index in [1.54, 1.807) is 12.5 Å². The minimum Gasteiger partial charge on any atom is -0.364 e. The Kier molecular flexibility index (Phi) is 2.99. The van der Waals surface area contributed by atoms with Crippen LogP contribution >= 0.6 is 22.6 Å². The van der Waals surface area contributed by atoms with Crippen molar-refractivity contribution >= 4 is 22.6 Å². The summed E-state index contributed by atoms with van der Waals surface area (Å²) in [5.41, 5.74) is 1.09. The van der Waals surface area contributed by atoms with Crippen molar-refractivity contribution in [1.29, 1.82) is 0 Å². The third kappa shape index (κ3) is 2.31. The fourth-order valence-electron chi connectivity index (χ4n) is 0.506. The summed E-state index contributed by atoms with van der Waals surface area (Å²) in [7, 11) is 0. The summed E-state index contributed by atoms with van der Waals surface area (Å²) in [5.74, 6) is 0. The smallest absolute Gasteiger partial charge is 0.128 e. The van der Waals surface area contributed by atoms with Crippen LogP contribution in [0.1, 0.15) is 5.56 Å². The maximum Gasteiger partial charge on any atom is 0.128 e. The highest BCUT2D eigenvalue weighted by molar-refractivity contribution is 14.1. The van der Waals surface area contributed by atoms with Gasteiger partial charge in [0.2, 0.25) is 0 Å². The van der Waals surface area contributed by atoms with Crippen molar-refractivity contribution in [2.24, 2.45) is 0 Å². The van der Waals surface area contributed by atoms with E-state index in [0.717, 1.165) is 16.7 Å². The molecule has 1 aromatic heterocycles. The second-order valence-corrected chi connectivity index (χ2v) is 2.36. The predicted molar refractivity (Wildman–Crippen MR) is 42.2 cm³/mol. The molecule has 1 rings (SSSR count). The lowest BCUT2D eigenvalue weighted by atomic mass is 10.4. The molecular weight excluding hydrogens is 231 g/mol. The molecule has 0 bridgehead atoms. The molecule has 3 nitrogen and oxygen atoms in total. The first-order valence-corrected chi connectivity index (χ1v) is 4.11. The minimum absolute atomic E-state index is 0.840. The zero-order valence-electron chi connectivity index (χ0n) is 4.80. The maximum absolute atomic E-state index is 4.62. The fourth-order valence-corrected chi connectivity index (χ4v) is 0.775. The molecule has 9 heavy (non-hydrogen) atoms. The van der Waals surface area contributed by atoms with Crippen molar-refractivity contribution in [3.63, 3.8) is 0 Å². The molecule has 0 radical (unpaired) electrons. The van der Waals surface area contributed by atoms with Crippen LogP contribution in [-0.4, -0.2) is 9.71 Å². The number of hydrogen-bond acceptors (Lipinski definition) is 3. The van der Waals surface area contributed by atoms with Gasteiger partial charge < -0.3 is 9.84 Å². The average molecular weight is 238 g/mol. The molecule has 4 heteroatoms. The third-order valence-corrected chi connectivity index (χ3v) is 1.45. The zero-order chi connectivity index (χ0) is 6.53. The summed E-state index contributed by atoms with van der Waals surface area (Å²) < 4.78 is 5.57. The van der Waals surface area contributed by atoms with Gasteiger partial charge in [-0.05, 0) is 0 Å². The first kappa shape index (κ1) is 7.01. The van der Waals surface area contributed by atoms with E-state index in [4.69, 9.17) is 0 Å². The summed E-state index contributed by atoms with van der Waals surface area (Å²) in [5, 5.41) is 6.69. The summed E-state index contributed by atoms with van der Waals surface area (Å²) in [6, 6.07) is 0. The average Bonchev–Trinajstić information content (AvgIpc) is 2.34. The van der Waals surface area contributed by atoms with E-state index in [-0.39, 0.29) is 0 Å². The standard InChI is InChI=1S/C5H7IN2O/c6-4-7-1-5-2-8-9-3-5/h2-3,7H,1,4H2. The van der Waals surface area contributed by atoms with E-state index in [1.807, 2.05) is 0 Å². The summed E-state index contributed by atoms with van der Waals surface area (Å²) in [4.78, 5) is 0. The molecule has 0 atom stereocenters. The van der Waals surface area contributed by atoms with Gasteiger partial charge in [-0.25, -0.2) is 0 Å². The van der Waals surface area contributed by atoms with E-state index in [2.05, 4.69) is 37.6 Å². The molecule has 0 amide bonds. The highest BCUT2D eigenvalue weighted by Gasteiger charge is 1.91. The number of alkyl halides is 1. The molecular formula is C5H7IN2O. The van der Waals surface area contributed by atoms with Gasteiger partial charge in [0.15, 0.2) is 0 Å². The molecule has 0 aliphatic rings. The van der Waals surface area contributed by atoms with Gasteiger partial charge in [0.25, 0.3) is 0 Å². The molecule has 50 valence electrons. The maximum atomic E-state index is 4.62. The van der Waals surface area contributed by atoms with Crippen molar-refractivity contribution in [3.05, 3.63) is 18.0 Å². The highest BCUT2D eigenvalue weighted by Crippen LogP contribution is 1.94. The summed E-state index contributed by atoms with van der Waals surface area (Å²) >= 11 is 2.25. The predicted octanol–water partition coefficient (Wildman–Crippen LogP) is 1.16. The van der Waals surface area contributed by atoms with Gasteiger partial charge in [0.1, 0.15) is 6.26 Å². The second kappa shape index (κ2) is 3.84. The van der Waals surface area contributed by atoms with Gasteiger partial charge in [-0.15, -0.1) is 0 Å². The Morgan fingerprint density at radius 2 is 2.67 bits per heavy atom. The van der Waals surface area contributed by atoms with Crippen molar-refractivity contribution < 1.29 is 4.52 Å². The van der Waals surface area contributed by atoms with Crippen molar-refractivity contribution in [2.75, 3.05) is 4.55 Å². The number of hydrogen-bond donors (Lipinski definition) is 1. The van der Waals surface area contributed by atoms with Crippen LogP contribution in [0.5, 0.6) is 0 Å².